The highest BCUT2D eigenvalue weighted by Gasteiger charge is 2.16. The molecule has 3 rings (SSSR count). The van der Waals surface area contributed by atoms with Gasteiger partial charge in [0.2, 0.25) is 0 Å². The molecule has 0 bridgehead atoms. The zero-order chi connectivity index (χ0) is 18.5. The van der Waals surface area contributed by atoms with Gasteiger partial charge in [0.05, 0.1) is 25.0 Å². The van der Waals surface area contributed by atoms with Crippen molar-refractivity contribution < 1.29 is 18.3 Å². The molecule has 132 valence electrons. The lowest BCUT2D eigenvalue weighted by Gasteiger charge is -2.08. The van der Waals surface area contributed by atoms with Crippen molar-refractivity contribution in [2.24, 2.45) is 0 Å². The Morgan fingerprint density at radius 3 is 2.42 bits per heavy atom. The van der Waals surface area contributed by atoms with Gasteiger partial charge < -0.3 is 10.1 Å². The Bertz CT molecular complexity index is 910. The van der Waals surface area contributed by atoms with Crippen molar-refractivity contribution in [1.82, 2.24) is 15.3 Å². The Hall–Kier alpha value is -3.35. The van der Waals surface area contributed by atoms with E-state index in [1.165, 1.54) is 12.4 Å². The fraction of sp³-hybridized carbons (Fsp3) is 0.105. The summed E-state index contributed by atoms with van der Waals surface area (Å²) >= 11 is 0. The number of benzene rings is 2. The fourth-order valence-electron chi connectivity index (χ4n) is 2.39. The van der Waals surface area contributed by atoms with E-state index in [9.17, 15) is 13.6 Å². The van der Waals surface area contributed by atoms with Crippen LogP contribution in [-0.2, 0) is 6.54 Å². The lowest BCUT2D eigenvalue weighted by Crippen LogP contribution is -2.25. The molecule has 0 aliphatic carbocycles. The summed E-state index contributed by atoms with van der Waals surface area (Å²) in [5.41, 5.74) is 1.40. The third kappa shape index (κ3) is 3.83. The first-order chi connectivity index (χ1) is 12.6. The van der Waals surface area contributed by atoms with Crippen LogP contribution in [0.4, 0.5) is 8.78 Å². The highest BCUT2D eigenvalue weighted by atomic mass is 19.1. The van der Waals surface area contributed by atoms with Gasteiger partial charge in [-0.3, -0.25) is 4.79 Å². The van der Waals surface area contributed by atoms with Crippen molar-refractivity contribution in [2.45, 2.75) is 6.54 Å². The Labute approximate surface area is 148 Å². The van der Waals surface area contributed by atoms with E-state index in [0.29, 0.717) is 11.4 Å². The van der Waals surface area contributed by atoms with Gasteiger partial charge >= 0.3 is 0 Å². The van der Waals surface area contributed by atoms with E-state index in [0.717, 1.165) is 23.4 Å². The Morgan fingerprint density at radius 2 is 1.77 bits per heavy atom. The minimum atomic E-state index is -0.913. The maximum atomic E-state index is 13.6. The standard InChI is InChI=1S/C19H15F2N3O2/c1-26-14-7-5-12(6-8-14)17-9-13(23-11-24-17)10-22-19(25)18-15(20)3-2-4-16(18)21/h2-9,11H,10H2,1H3,(H,22,25). The van der Waals surface area contributed by atoms with Crippen LogP contribution in [-0.4, -0.2) is 23.0 Å². The molecule has 0 aliphatic rings. The van der Waals surface area contributed by atoms with E-state index >= 15 is 0 Å². The van der Waals surface area contributed by atoms with Crippen LogP contribution in [0.5, 0.6) is 5.75 Å². The molecule has 0 unspecified atom stereocenters. The molecule has 1 heterocycles. The van der Waals surface area contributed by atoms with Gasteiger partial charge in [-0.2, -0.15) is 0 Å². The molecule has 0 saturated heterocycles. The zero-order valence-electron chi connectivity index (χ0n) is 13.9. The highest BCUT2D eigenvalue weighted by molar-refractivity contribution is 5.94. The molecular weight excluding hydrogens is 340 g/mol. The first kappa shape index (κ1) is 17.5. The number of nitrogens with one attached hydrogen (secondary N) is 1. The van der Waals surface area contributed by atoms with Crippen LogP contribution in [0.1, 0.15) is 16.1 Å². The fourth-order valence-corrected chi connectivity index (χ4v) is 2.39. The quantitative estimate of drug-likeness (QED) is 0.762. The molecule has 0 atom stereocenters. The number of halogens is 2. The van der Waals surface area contributed by atoms with Crippen molar-refractivity contribution in [2.75, 3.05) is 7.11 Å². The molecule has 26 heavy (non-hydrogen) atoms. The predicted molar refractivity (Wildman–Crippen MR) is 91.5 cm³/mol. The molecule has 3 aromatic rings. The van der Waals surface area contributed by atoms with Crippen molar-refractivity contribution in [3.63, 3.8) is 0 Å². The summed E-state index contributed by atoms with van der Waals surface area (Å²) in [6, 6.07) is 12.3. The lowest BCUT2D eigenvalue weighted by atomic mass is 10.1. The molecule has 1 N–H and O–H groups in total. The van der Waals surface area contributed by atoms with Gasteiger partial charge in [-0.15, -0.1) is 0 Å². The number of hydrogen-bond acceptors (Lipinski definition) is 4. The Morgan fingerprint density at radius 1 is 1.08 bits per heavy atom. The number of aromatic nitrogens is 2. The first-order valence-corrected chi connectivity index (χ1v) is 7.76. The lowest BCUT2D eigenvalue weighted by molar-refractivity contribution is 0.0942. The van der Waals surface area contributed by atoms with Crippen LogP contribution in [0.2, 0.25) is 0 Å². The SMILES string of the molecule is COc1ccc(-c2cc(CNC(=O)c3c(F)cccc3F)ncn2)cc1. The van der Waals surface area contributed by atoms with Crippen LogP contribution in [0.25, 0.3) is 11.3 Å². The van der Waals surface area contributed by atoms with Gasteiger partial charge in [0.15, 0.2) is 0 Å². The number of methoxy groups -OCH3 is 1. The maximum absolute atomic E-state index is 13.6. The molecule has 0 radical (unpaired) electrons. The number of ether oxygens (including phenoxy) is 1. The zero-order valence-corrected chi connectivity index (χ0v) is 13.9. The third-order valence-corrected chi connectivity index (χ3v) is 3.73. The van der Waals surface area contributed by atoms with Crippen molar-refractivity contribution in [3.8, 4) is 17.0 Å². The largest absolute Gasteiger partial charge is 0.497 e. The third-order valence-electron chi connectivity index (χ3n) is 3.73. The number of amides is 1. The predicted octanol–water partition coefficient (Wildman–Crippen LogP) is 3.36. The number of rotatable bonds is 5. The molecule has 0 saturated carbocycles. The van der Waals surface area contributed by atoms with Crippen LogP contribution in [0.3, 0.4) is 0 Å². The van der Waals surface area contributed by atoms with Crippen molar-refractivity contribution >= 4 is 5.91 Å². The van der Waals surface area contributed by atoms with Crippen LogP contribution in [0.15, 0.2) is 54.9 Å². The van der Waals surface area contributed by atoms with Crippen LogP contribution in [0, 0.1) is 11.6 Å². The maximum Gasteiger partial charge on any atom is 0.257 e. The van der Waals surface area contributed by atoms with E-state index in [-0.39, 0.29) is 6.54 Å². The van der Waals surface area contributed by atoms with Gasteiger partial charge in [-0.05, 0) is 42.5 Å². The van der Waals surface area contributed by atoms with Gasteiger partial charge in [-0.25, -0.2) is 18.7 Å². The van der Waals surface area contributed by atoms with Crippen molar-refractivity contribution in [1.29, 1.82) is 0 Å². The molecule has 0 aliphatic heterocycles. The smallest absolute Gasteiger partial charge is 0.257 e. The average Bonchev–Trinajstić information content (AvgIpc) is 2.66. The first-order valence-electron chi connectivity index (χ1n) is 7.76. The molecule has 0 spiro atoms. The summed E-state index contributed by atoms with van der Waals surface area (Å²) in [7, 11) is 1.58. The molecule has 0 fully saturated rings. The molecule has 2 aromatic carbocycles. The number of nitrogens with zero attached hydrogens (tertiary/aromatic N) is 2. The van der Waals surface area contributed by atoms with Gasteiger partial charge in [0.1, 0.15) is 29.3 Å². The van der Waals surface area contributed by atoms with Gasteiger partial charge in [-0.1, -0.05) is 6.07 Å². The molecule has 5 nitrogen and oxygen atoms in total. The van der Waals surface area contributed by atoms with E-state index in [1.54, 1.807) is 25.3 Å². The minimum absolute atomic E-state index is 0.0122. The summed E-state index contributed by atoms with van der Waals surface area (Å²) < 4.78 is 32.4. The molecule has 1 amide bonds. The van der Waals surface area contributed by atoms with Crippen LogP contribution < -0.4 is 10.1 Å². The average molecular weight is 355 g/mol. The number of carbonyl (C=O) groups is 1. The normalized spacial score (nSPS) is 10.4. The summed E-state index contributed by atoms with van der Waals surface area (Å²) in [5.74, 6) is -1.94. The number of carbonyl (C=O) groups excluding carboxylic acids is 1. The summed E-state index contributed by atoms with van der Waals surface area (Å²) in [4.78, 5) is 20.3. The van der Waals surface area contributed by atoms with Crippen LogP contribution >= 0.6 is 0 Å². The summed E-state index contributed by atoms with van der Waals surface area (Å²) in [6.45, 7) is 0.0122. The molecule has 7 heteroatoms. The molecular formula is C19H15F2N3O2. The highest BCUT2D eigenvalue weighted by Crippen LogP contribution is 2.20. The van der Waals surface area contributed by atoms with E-state index in [1.807, 2.05) is 12.1 Å². The summed E-state index contributed by atoms with van der Waals surface area (Å²) in [6.07, 6.45) is 1.37. The van der Waals surface area contributed by atoms with E-state index in [2.05, 4.69) is 15.3 Å². The second-order valence-electron chi connectivity index (χ2n) is 5.40. The Kier molecular flexibility index (Phi) is 5.17. The molecule has 1 aromatic heterocycles. The van der Waals surface area contributed by atoms with Crippen molar-refractivity contribution in [3.05, 3.63) is 77.8 Å². The summed E-state index contributed by atoms with van der Waals surface area (Å²) in [5, 5.41) is 2.46. The topological polar surface area (TPSA) is 64.1 Å². The number of hydrogen-bond donors (Lipinski definition) is 1. The second-order valence-corrected chi connectivity index (χ2v) is 5.40. The second kappa shape index (κ2) is 7.69. The Balaban J connectivity index is 1.73. The van der Waals surface area contributed by atoms with E-state index < -0.39 is 23.1 Å². The van der Waals surface area contributed by atoms with Gasteiger partial charge in [0.25, 0.3) is 5.91 Å². The van der Waals surface area contributed by atoms with Gasteiger partial charge in [0, 0.05) is 5.56 Å². The van der Waals surface area contributed by atoms with E-state index in [4.69, 9.17) is 4.74 Å². The minimum Gasteiger partial charge on any atom is -0.497 e. The monoisotopic (exact) mass is 355 g/mol.